The summed E-state index contributed by atoms with van der Waals surface area (Å²) in [7, 11) is 1.31. The Morgan fingerprint density at radius 2 is 1.73 bits per heavy atom. The van der Waals surface area contributed by atoms with Gasteiger partial charge in [0.1, 0.15) is 12.7 Å². The summed E-state index contributed by atoms with van der Waals surface area (Å²) >= 11 is 0. The van der Waals surface area contributed by atoms with Crippen molar-refractivity contribution in [3.8, 4) is 0 Å². The van der Waals surface area contributed by atoms with E-state index < -0.39 is 0 Å². The summed E-state index contributed by atoms with van der Waals surface area (Å²) in [6.07, 6.45) is -0.364. The maximum atomic E-state index is 10.3. The van der Waals surface area contributed by atoms with Crippen molar-refractivity contribution in [1.29, 1.82) is 0 Å². The predicted molar refractivity (Wildman–Crippen MR) is 50.9 cm³/mol. The molecular formula is C9H16O6. The Morgan fingerprint density at radius 1 is 1.27 bits per heavy atom. The molecule has 6 heteroatoms. The smallest absolute Gasteiger partial charge is 0.303 e. The largest absolute Gasteiger partial charge is 0.471 e. The lowest BCUT2D eigenvalue weighted by Gasteiger charge is -2.10. The van der Waals surface area contributed by atoms with Crippen LogP contribution in [0.1, 0.15) is 20.8 Å². The molecule has 1 unspecified atom stereocenters. The highest BCUT2D eigenvalue weighted by atomic mass is 16.6. The van der Waals surface area contributed by atoms with Gasteiger partial charge < -0.3 is 14.2 Å². The minimum absolute atomic E-state index is 0.120. The minimum atomic E-state index is -0.371. The molecular weight excluding hydrogens is 204 g/mol. The number of hydrogen-bond donors (Lipinski definition) is 0. The van der Waals surface area contributed by atoms with Gasteiger partial charge in [-0.1, -0.05) is 0 Å². The molecule has 0 heterocycles. The van der Waals surface area contributed by atoms with E-state index in [1.54, 1.807) is 6.92 Å². The van der Waals surface area contributed by atoms with E-state index in [1.807, 2.05) is 0 Å². The molecule has 0 radical (unpaired) electrons. The first kappa shape index (κ1) is 15.9. The Kier molecular flexibility index (Phi) is 11.1. The van der Waals surface area contributed by atoms with Gasteiger partial charge in [0.2, 0.25) is 0 Å². The molecule has 0 bridgehead atoms. The third-order valence-electron chi connectivity index (χ3n) is 0.985. The van der Waals surface area contributed by atoms with E-state index in [2.05, 4.69) is 14.2 Å². The van der Waals surface area contributed by atoms with Gasteiger partial charge in [-0.3, -0.25) is 14.4 Å². The second-order valence-corrected chi connectivity index (χ2v) is 2.55. The van der Waals surface area contributed by atoms with Gasteiger partial charge in [0.05, 0.1) is 7.11 Å². The maximum Gasteiger partial charge on any atom is 0.303 e. The van der Waals surface area contributed by atoms with Crippen LogP contribution in [0.15, 0.2) is 0 Å². The van der Waals surface area contributed by atoms with E-state index in [4.69, 9.17) is 4.79 Å². The van der Waals surface area contributed by atoms with Gasteiger partial charge in [0.25, 0.3) is 6.47 Å². The lowest BCUT2D eigenvalue weighted by atomic mass is 10.4. The van der Waals surface area contributed by atoms with E-state index in [-0.39, 0.29) is 24.6 Å². The Labute approximate surface area is 88.5 Å². The monoisotopic (exact) mass is 220 g/mol. The third-order valence-corrected chi connectivity index (χ3v) is 0.985. The number of ether oxygens (including phenoxy) is 3. The number of esters is 2. The van der Waals surface area contributed by atoms with Crippen molar-refractivity contribution in [2.24, 2.45) is 0 Å². The van der Waals surface area contributed by atoms with Crippen LogP contribution in [0.2, 0.25) is 0 Å². The molecule has 0 aliphatic rings. The third kappa shape index (κ3) is 19.0. The highest BCUT2D eigenvalue weighted by Gasteiger charge is 2.06. The topological polar surface area (TPSA) is 78.9 Å². The van der Waals surface area contributed by atoms with Crippen molar-refractivity contribution in [3.63, 3.8) is 0 Å². The zero-order valence-corrected chi connectivity index (χ0v) is 9.31. The van der Waals surface area contributed by atoms with E-state index in [0.29, 0.717) is 6.47 Å². The van der Waals surface area contributed by atoms with Gasteiger partial charge >= 0.3 is 11.9 Å². The second-order valence-electron chi connectivity index (χ2n) is 2.55. The fourth-order valence-electron chi connectivity index (χ4n) is 0.552. The first-order valence-electron chi connectivity index (χ1n) is 4.21. The molecule has 0 aliphatic heterocycles. The maximum absolute atomic E-state index is 10.3. The average Bonchev–Trinajstić information content (AvgIpc) is 2.14. The molecule has 0 aromatic heterocycles. The summed E-state index contributed by atoms with van der Waals surface area (Å²) in [5, 5.41) is 0. The summed E-state index contributed by atoms with van der Waals surface area (Å²) in [6, 6.07) is 0. The highest BCUT2D eigenvalue weighted by Crippen LogP contribution is 1.92. The molecule has 0 saturated carbocycles. The zero-order chi connectivity index (χ0) is 12.3. The van der Waals surface area contributed by atoms with Crippen LogP contribution in [0.25, 0.3) is 0 Å². The normalized spacial score (nSPS) is 10.1. The van der Waals surface area contributed by atoms with Crippen molar-refractivity contribution in [2.45, 2.75) is 26.9 Å². The average molecular weight is 220 g/mol. The van der Waals surface area contributed by atoms with E-state index >= 15 is 0 Å². The second kappa shape index (κ2) is 10.5. The number of carbonyl (C=O) groups is 3. The SMILES string of the molecule is CC(=O)OCC(C)OC(C)=O.COC=O. The van der Waals surface area contributed by atoms with Crippen LogP contribution >= 0.6 is 0 Å². The molecule has 1 atom stereocenters. The Morgan fingerprint density at radius 3 is 2.00 bits per heavy atom. The van der Waals surface area contributed by atoms with Gasteiger partial charge in [-0.2, -0.15) is 0 Å². The zero-order valence-electron chi connectivity index (χ0n) is 9.31. The quantitative estimate of drug-likeness (QED) is 0.385. The van der Waals surface area contributed by atoms with Crippen LogP contribution in [-0.2, 0) is 28.6 Å². The summed E-state index contributed by atoms with van der Waals surface area (Å²) < 4.78 is 13.1. The first-order chi connectivity index (χ1) is 6.93. The highest BCUT2D eigenvalue weighted by molar-refractivity contribution is 5.67. The summed E-state index contributed by atoms with van der Waals surface area (Å²) in [5.41, 5.74) is 0. The van der Waals surface area contributed by atoms with Crippen LogP contribution in [0.3, 0.4) is 0 Å². The van der Waals surface area contributed by atoms with Crippen molar-refractivity contribution in [3.05, 3.63) is 0 Å². The van der Waals surface area contributed by atoms with Crippen molar-refractivity contribution in [2.75, 3.05) is 13.7 Å². The molecule has 15 heavy (non-hydrogen) atoms. The molecule has 0 N–H and O–H groups in total. The standard InChI is InChI=1S/C7H12O4.C2H4O2/c1-5(11-7(3)9)4-10-6(2)8;1-4-2-3/h5H,4H2,1-3H3;2H,1H3. The lowest BCUT2D eigenvalue weighted by Crippen LogP contribution is -2.19. The van der Waals surface area contributed by atoms with Crippen molar-refractivity contribution < 1.29 is 28.6 Å². The molecule has 88 valence electrons. The molecule has 6 nitrogen and oxygen atoms in total. The van der Waals surface area contributed by atoms with Crippen LogP contribution < -0.4 is 0 Å². The van der Waals surface area contributed by atoms with Gasteiger partial charge in [-0.15, -0.1) is 0 Å². The molecule has 0 aromatic rings. The number of hydrogen-bond acceptors (Lipinski definition) is 6. The van der Waals surface area contributed by atoms with Crippen LogP contribution in [0.5, 0.6) is 0 Å². The molecule has 0 amide bonds. The van der Waals surface area contributed by atoms with E-state index in [1.165, 1.54) is 21.0 Å². The fraction of sp³-hybridized carbons (Fsp3) is 0.667. The summed E-state index contributed by atoms with van der Waals surface area (Å²) in [4.78, 5) is 29.6. The Bertz CT molecular complexity index is 201. The first-order valence-corrected chi connectivity index (χ1v) is 4.21. The van der Waals surface area contributed by atoms with E-state index in [9.17, 15) is 9.59 Å². The summed E-state index contributed by atoms with van der Waals surface area (Å²) in [6.45, 7) is 4.77. The van der Waals surface area contributed by atoms with Crippen molar-refractivity contribution >= 4 is 18.4 Å². The molecule has 0 spiro atoms. The number of rotatable bonds is 4. The van der Waals surface area contributed by atoms with Crippen LogP contribution in [0, 0.1) is 0 Å². The van der Waals surface area contributed by atoms with Gasteiger partial charge in [-0.25, -0.2) is 0 Å². The molecule has 0 fully saturated rings. The van der Waals surface area contributed by atoms with Crippen LogP contribution in [-0.4, -0.2) is 38.2 Å². The molecule has 0 aliphatic carbocycles. The summed E-state index contributed by atoms with van der Waals surface area (Å²) in [5.74, 6) is -0.742. The van der Waals surface area contributed by atoms with Crippen LogP contribution in [0.4, 0.5) is 0 Å². The number of carbonyl (C=O) groups excluding carboxylic acids is 3. The Balaban J connectivity index is 0. The Hall–Kier alpha value is -1.59. The molecule has 0 aromatic carbocycles. The van der Waals surface area contributed by atoms with Gasteiger partial charge in [-0.05, 0) is 6.92 Å². The molecule has 0 saturated heterocycles. The van der Waals surface area contributed by atoms with Gasteiger partial charge in [0, 0.05) is 13.8 Å². The lowest BCUT2D eigenvalue weighted by molar-refractivity contribution is -0.155. The van der Waals surface area contributed by atoms with Crippen molar-refractivity contribution in [1.82, 2.24) is 0 Å². The predicted octanol–water partition coefficient (Wildman–Crippen LogP) is 0.290. The minimum Gasteiger partial charge on any atom is -0.471 e. The van der Waals surface area contributed by atoms with Gasteiger partial charge in [0.15, 0.2) is 0 Å². The number of methoxy groups -OCH3 is 1. The van der Waals surface area contributed by atoms with E-state index in [0.717, 1.165) is 0 Å². The molecule has 0 rings (SSSR count). The fourth-order valence-corrected chi connectivity index (χ4v) is 0.552.